The largest absolute Gasteiger partial charge is 0.327 e. The van der Waals surface area contributed by atoms with Crippen LogP contribution in [0, 0.1) is 18.2 Å². The zero-order chi connectivity index (χ0) is 12.3. The Morgan fingerprint density at radius 2 is 1.94 bits per heavy atom. The van der Waals surface area contributed by atoms with Crippen LogP contribution in [0.3, 0.4) is 0 Å². The number of hydrogen-bond donors (Lipinski definition) is 1. The highest BCUT2D eigenvalue weighted by molar-refractivity contribution is 5.27. The minimum Gasteiger partial charge on any atom is -0.327 e. The topological polar surface area (TPSA) is 26.0 Å². The molecule has 0 saturated carbocycles. The molecular weight excluding hydrogens is 201 g/mol. The molecule has 0 aromatic heterocycles. The van der Waals surface area contributed by atoms with E-state index in [1.165, 1.54) is 6.07 Å². The number of nitrogens with two attached hydrogens (primary N) is 1. The van der Waals surface area contributed by atoms with E-state index in [1.807, 2.05) is 13.0 Å². The molecule has 0 saturated heterocycles. The molecule has 16 heavy (non-hydrogen) atoms. The maximum absolute atomic E-state index is 13.1. The molecule has 0 fully saturated rings. The van der Waals surface area contributed by atoms with Gasteiger partial charge in [0.2, 0.25) is 0 Å². The highest BCUT2D eigenvalue weighted by Gasteiger charge is 2.16. The second kappa shape index (κ2) is 4.96. The van der Waals surface area contributed by atoms with Crippen LogP contribution in [0.2, 0.25) is 0 Å². The monoisotopic (exact) mass is 223 g/mol. The molecule has 0 aliphatic heterocycles. The lowest BCUT2D eigenvalue weighted by atomic mass is 9.86. The quantitative estimate of drug-likeness (QED) is 0.834. The lowest BCUT2D eigenvalue weighted by Crippen LogP contribution is -2.28. The van der Waals surface area contributed by atoms with Crippen LogP contribution in [-0.2, 0) is 6.42 Å². The third-order valence-electron chi connectivity index (χ3n) is 2.67. The molecule has 0 aliphatic rings. The van der Waals surface area contributed by atoms with Crippen molar-refractivity contribution in [2.75, 3.05) is 0 Å². The second-order valence-corrected chi connectivity index (χ2v) is 5.80. The minimum absolute atomic E-state index is 0.0977. The van der Waals surface area contributed by atoms with E-state index >= 15 is 0 Å². The Bertz CT molecular complexity index is 352. The van der Waals surface area contributed by atoms with Crippen molar-refractivity contribution in [1.29, 1.82) is 0 Å². The van der Waals surface area contributed by atoms with Crippen molar-refractivity contribution in [3.63, 3.8) is 0 Å². The molecule has 0 aliphatic carbocycles. The molecule has 0 spiro atoms. The predicted molar refractivity (Wildman–Crippen MR) is 66.9 cm³/mol. The van der Waals surface area contributed by atoms with Gasteiger partial charge in [-0.1, -0.05) is 26.8 Å². The van der Waals surface area contributed by atoms with Gasteiger partial charge in [-0.25, -0.2) is 4.39 Å². The molecule has 0 amide bonds. The summed E-state index contributed by atoms with van der Waals surface area (Å²) in [5.41, 5.74) is 8.45. The van der Waals surface area contributed by atoms with Crippen LogP contribution in [0.4, 0.5) is 4.39 Å². The van der Waals surface area contributed by atoms with Crippen LogP contribution >= 0.6 is 0 Å². The Morgan fingerprint density at radius 1 is 1.31 bits per heavy atom. The average molecular weight is 223 g/mol. The summed E-state index contributed by atoms with van der Waals surface area (Å²) in [7, 11) is 0. The average Bonchev–Trinajstić information content (AvgIpc) is 2.08. The summed E-state index contributed by atoms with van der Waals surface area (Å²) in [5.74, 6) is -0.177. The third-order valence-corrected chi connectivity index (χ3v) is 2.67. The van der Waals surface area contributed by atoms with Crippen LogP contribution < -0.4 is 5.73 Å². The van der Waals surface area contributed by atoms with Crippen LogP contribution in [0.15, 0.2) is 18.2 Å². The zero-order valence-corrected chi connectivity index (χ0v) is 10.7. The van der Waals surface area contributed by atoms with E-state index in [0.29, 0.717) is 0 Å². The van der Waals surface area contributed by atoms with Crippen molar-refractivity contribution < 1.29 is 4.39 Å². The smallest absolute Gasteiger partial charge is 0.123 e. The van der Waals surface area contributed by atoms with E-state index in [2.05, 4.69) is 20.8 Å². The van der Waals surface area contributed by atoms with E-state index in [4.69, 9.17) is 5.73 Å². The molecule has 0 radical (unpaired) electrons. The summed E-state index contributed by atoms with van der Waals surface area (Å²) in [4.78, 5) is 0. The van der Waals surface area contributed by atoms with Gasteiger partial charge in [0.15, 0.2) is 0 Å². The number of hydrogen-bond acceptors (Lipinski definition) is 1. The molecule has 90 valence electrons. The van der Waals surface area contributed by atoms with Gasteiger partial charge in [0.25, 0.3) is 0 Å². The summed E-state index contributed by atoms with van der Waals surface area (Å²) < 4.78 is 13.1. The first kappa shape index (κ1) is 13.2. The Labute approximate surface area is 97.9 Å². The van der Waals surface area contributed by atoms with E-state index in [0.717, 1.165) is 24.0 Å². The normalized spacial score (nSPS) is 13.9. The van der Waals surface area contributed by atoms with Gasteiger partial charge in [-0.3, -0.25) is 0 Å². The lowest BCUT2D eigenvalue weighted by molar-refractivity contribution is 0.338. The summed E-state index contributed by atoms with van der Waals surface area (Å²) in [6.07, 6.45) is 1.70. The van der Waals surface area contributed by atoms with E-state index < -0.39 is 0 Å². The molecule has 1 atom stereocenters. The van der Waals surface area contributed by atoms with Crippen LogP contribution in [0.25, 0.3) is 0 Å². The van der Waals surface area contributed by atoms with Gasteiger partial charge < -0.3 is 5.73 Å². The summed E-state index contributed by atoms with van der Waals surface area (Å²) in [6.45, 7) is 8.51. The van der Waals surface area contributed by atoms with Crippen LogP contribution in [-0.4, -0.2) is 6.04 Å². The molecule has 2 N–H and O–H groups in total. The van der Waals surface area contributed by atoms with Gasteiger partial charge in [0, 0.05) is 6.04 Å². The molecule has 1 aromatic carbocycles. The highest BCUT2D eigenvalue weighted by atomic mass is 19.1. The van der Waals surface area contributed by atoms with E-state index in [-0.39, 0.29) is 17.3 Å². The van der Waals surface area contributed by atoms with Gasteiger partial charge in [0.05, 0.1) is 0 Å². The molecule has 1 rings (SSSR count). The van der Waals surface area contributed by atoms with Crippen LogP contribution in [0.1, 0.15) is 38.3 Å². The van der Waals surface area contributed by atoms with Gasteiger partial charge in [-0.2, -0.15) is 0 Å². The van der Waals surface area contributed by atoms with Gasteiger partial charge in [0.1, 0.15) is 5.82 Å². The molecular formula is C14H22FN. The van der Waals surface area contributed by atoms with Crippen molar-refractivity contribution in [3.05, 3.63) is 35.1 Å². The lowest BCUT2D eigenvalue weighted by Gasteiger charge is -2.23. The Hall–Kier alpha value is -0.890. The Morgan fingerprint density at radius 3 is 2.50 bits per heavy atom. The maximum atomic E-state index is 13.1. The fourth-order valence-corrected chi connectivity index (χ4v) is 2.00. The highest BCUT2D eigenvalue weighted by Crippen LogP contribution is 2.22. The predicted octanol–water partition coefficient (Wildman–Crippen LogP) is 3.44. The number of halogens is 1. The standard InChI is InChI=1S/C14H22FN/c1-10-5-6-12(15)7-11(10)8-13(16)9-14(2,3)4/h5-7,13H,8-9,16H2,1-4H3. The molecule has 2 heteroatoms. The molecule has 0 heterocycles. The van der Waals surface area contributed by atoms with Crippen molar-refractivity contribution in [3.8, 4) is 0 Å². The molecule has 1 unspecified atom stereocenters. The fraction of sp³-hybridized carbons (Fsp3) is 0.571. The van der Waals surface area contributed by atoms with Gasteiger partial charge in [-0.15, -0.1) is 0 Å². The second-order valence-electron chi connectivity index (χ2n) is 5.80. The van der Waals surface area contributed by atoms with Crippen molar-refractivity contribution in [1.82, 2.24) is 0 Å². The minimum atomic E-state index is -0.177. The maximum Gasteiger partial charge on any atom is 0.123 e. The van der Waals surface area contributed by atoms with Gasteiger partial charge >= 0.3 is 0 Å². The summed E-state index contributed by atoms with van der Waals surface area (Å²) in [5, 5.41) is 0. The summed E-state index contributed by atoms with van der Waals surface area (Å²) >= 11 is 0. The Balaban J connectivity index is 2.69. The first-order valence-corrected chi connectivity index (χ1v) is 5.78. The van der Waals surface area contributed by atoms with Gasteiger partial charge in [-0.05, 0) is 48.4 Å². The zero-order valence-electron chi connectivity index (χ0n) is 10.7. The first-order valence-electron chi connectivity index (χ1n) is 5.78. The first-order chi connectivity index (χ1) is 7.28. The Kier molecular flexibility index (Phi) is 4.09. The van der Waals surface area contributed by atoms with Crippen molar-refractivity contribution in [2.24, 2.45) is 11.1 Å². The van der Waals surface area contributed by atoms with Crippen molar-refractivity contribution >= 4 is 0 Å². The van der Waals surface area contributed by atoms with E-state index in [9.17, 15) is 4.39 Å². The van der Waals surface area contributed by atoms with E-state index in [1.54, 1.807) is 6.07 Å². The molecule has 1 nitrogen and oxygen atoms in total. The van der Waals surface area contributed by atoms with Crippen molar-refractivity contribution in [2.45, 2.75) is 46.6 Å². The summed E-state index contributed by atoms with van der Waals surface area (Å²) in [6, 6.07) is 5.00. The third kappa shape index (κ3) is 4.31. The van der Waals surface area contributed by atoms with Crippen LogP contribution in [0.5, 0.6) is 0 Å². The molecule has 1 aromatic rings. The SMILES string of the molecule is Cc1ccc(F)cc1CC(N)CC(C)(C)C. The number of benzene rings is 1. The fourth-order valence-electron chi connectivity index (χ4n) is 2.00. The number of aryl methyl sites for hydroxylation is 1. The molecule has 0 bridgehead atoms. The number of rotatable bonds is 3.